The predicted molar refractivity (Wildman–Crippen MR) is 76.6 cm³/mol. The Bertz CT molecular complexity index is 368. The summed E-state index contributed by atoms with van der Waals surface area (Å²) in [5.41, 5.74) is 1.19. The van der Waals surface area contributed by atoms with Gasteiger partial charge in [-0.2, -0.15) is 0 Å². The Kier molecular flexibility index (Phi) is 5.56. The summed E-state index contributed by atoms with van der Waals surface area (Å²) in [5, 5.41) is 0. The molecular formula is C13H22O2SSi. The molecule has 0 bridgehead atoms. The van der Waals surface area contributed by atoms with Gasteiger partial charge in [0, 0.05) is 19.6 Å². The van der Waals surface area contributed by atoms with E-state index in [2.05, 4.69) is 19.6 Å². The van der Waals surface area contributed by atoms with Crippen molar-refractivity contribution in [3.63, 3.8) is 0 Å². The van der Waals surface area contributed by atoms with Gasteiger partial charge in [-0.25, -0.2) is 0 Å². The molecule has 1 unspecified atom stereocenters. The maximum atomic E-state index is 11.9. The van der Waals surface area contributed by atoms with Crippen LogP contribution in [0.2, 0.25) is 25.7 Å². The molecule has 0 saturated carbocycles. The molecule has 1 aromatic carbocycles. The Balaban J connectivity index is 2.33. The van der Waals surface area contributed by atoms with Crippen molar-refractivity contribution in [1.82, 2.24) is 0 Å². The molecule has 17 heavy (non-hydrogen) atoms. The van der Waals surface area contributed by atoms with Gasteiger partial charge in [0.25, 0.3) is 0 Å². The first-order valence-electron chi connectivity index (χ1n) is 5.91. The second-order valence-corrected chi connectivity index (χ2v) is 12.5. The van der Waals surface area contributed by atoms with E-state index in [9.17, 15) is 4.21 Å². The van der Waals surface area contributed by atoms with Crippen LogP contribution in [0, 0.1) is 6.92 Å². The lowest BCUT2D eigenvalue weighted by Gasteiger charge is -2.15. The Morgan fingerprint density at radius 2 is 1.76 bits per heavy atom. The van der Waals surface area contributed by atoms with Crippen molar-refractivity contribution in [2.75, 3.05) is 12.5 Å². The smallest absolute Gasteiger partial charge is 0.126 e. The molecule has 0 aromatic heterocycles. The zero-order valence-electron chi connectivity index (χ0n) is 11.2. The lowest BCUT2D eigenvalue weighted by molar-refractivity contribution is 0.195. The first kappa shape index (κ1) is 14.6. The number of benzene rings is 1. The van der Waals surface area contributed by atoms with E-state index in [4.69, 9.17) is 4.74 Å². The van der Waals surface area contributed by atoms with E-state index in [0.29, 0.717) is 5.94 Å². The topological polar surface area (TPSA) is 26.3 Å². The molecule has 0 aliphatic heterocycles. The fraction of sp³-hybridized carbons (Fsp3) is 0.538. The minimum Gasteiger partial charge on any atom is -0.368 e. The van der Waals surface area contributed by atoms with Crippen LogP contribution >= 0.6 is 0 Å². The molecule has 0 heterocycles. The molecule has 0 radical (unpaired) electrons. The van der Waals surface area contributed by atoms with E-state index in [1.807, 2.05) is 31.2 Å². The van der Waals surface area contributed by atoms with Crippen LogP contribution in [0.3, 0.4) is 0 Å². The zero-order valence-corrected chi connectivity index (χ0v) is 13.0. The predicted octanol–water partition coefficient (Wildman–Crippen LogP) is 3.41. The van der Waals surface area contributed by atoms with Crippen LogP contribution in [-0.4, -0.2) is 24.8 Å². The van der Waals surface area contributed by atoms with Gasteiger partial charge in [0.15, 0.2) is 0 Å². The molecule has 0 N–H and O–H groups in total. The van der Waals surface area contributed by atoms with Gasteiger partial charge < -0.3 is 4.74 Å². The third-order valence-electron chi connectivity index (χ3n) is 2.47. The van der Waals surface area contributed by atoms with Crippen molar-refractivity contribution in [1.29, 1.82) is 0 Å². The number of hydrogen-bond donors (Lipinski definition) is 0. The molecule has 0 aliphatic rings. The van der Waals surface area contributed by atoms with Gasteiger partial charge in [-0.3, -0.25) is 4.21 Å². The number of rotatable bonds is 6. The maximum Gasteiger partial charge on any atom is 0.126 e. The quantitative estimate of drug-likeness (QED) is 0.585. The van der Waals surface area contributed by atoms with Crippen LogP contribution in [0.15, 0.2) is 29.2 Å². The molecular weight excluding hydrogens is 248 g/mol. The normalized spacial score (nSPS) is 13.6. The molecule has 2 nitrogen and oxygen atoms in total. The third kappa shape index (κ3) is 6.15. The molecule has 1 aromatic rings. The third-order valence-corrected chi connectivity index (χ3v) is 5.35. The number of aryl methyl sites for hydroxylation is 1. The summed E-state index contributed by atoms with van der Waals surface area (Å²) in [6.45, 7) is 9.69. The summed E-state index contributed by atoms with van der Waals surface area (Å²) in [5.74, 6) is 0.313. The highest BCUT2D eigenvalue weighted by Crippen LogP contribution is 2.10. The van der Waals surface area contributed by atoms with Gasteiger partial charge in [-0.15, -0.1) is 0 Å². The first-order chi connectivity index (χ1) is 7.88. The molecule has 1 atom stereocenters. The molecule has 0 saturated heterocycles. The van der Waals surface area contributed by atoms with Gasteiger partial charge >= 0.3 is 0 Å². The van der Waals surface area contributed by atoms with Crippen LogP contribution in [0.5, 0.6) is 0 Å². The van der Waals surface area contributed by atoms with Crippen LogP contribution in [0.25, 0.3) is 0 Å². The Labute approximate surface area is 108 Å². The molecule has 0 fully saturated rings. The van der Waals surface area contributed by atoms with Crippen LogP contribution in [0.1, 0.15) is 5.56 Å². The minimum absolute atomic E-state index is 0.313. The van der Waals surface area contributed by atoms with Gasteiger partial charge in [0.2, 0.25) is 0 Å². The standard InChI is InChI=1S/C13H22O2SSi/c1-12-5-7-13(8-6-12)16(14)11-15-9-10-17(2,3)4/h5-8H,9-11H2,1-4H3. The highest BCUT2D eigenvalue weighted by Gasteiger charge is 2.12. The average molecular weight is 270 g/mol. The lowest BCUT2D eigenvalue weighted by atomic mass is 10.2. The van der Waals surface area contributed by atoms with Crippen molar-refractivity contribution in [2.24, 2.45) is 0 Å². The molecule has 4 heteroatoms. The average Bonchev–Trinajstić information content (AvgIpc) is 2.24. The van der Waals surface area contributed by atoms with E-state index >= 15 is 0 Å². The monoisotopic (exact) mass is 270 g/mol. The van der Waals surface area contributed by atoms with E-state index in [1.165, 1.54) is 5.56 Å². The van der Waals surface area contributed by atoms with E-state index in [0.717, 1.165) is 17.5 Å². The Hall–Kier alpha value is -0.453. The van der Waals surface area contributed by atoms with Crippen LogP contribution < -0.4 is 0 Å². The molecule has 1 rings (SSSR count). The lowest BCUT2D eigenvalue weighted by Crippen LogP contribution is -2.22. The Morgan fingerprint density at radius 3 is 2.29 bits per heavy atom. The van der Waals surface area contributed by atoms with Crippen molar-refractivity contribution in [3.05, 3.63) is 29.8 Å². The van der Waals surface area contributed by atoms with E-state index in [1.54, 1.807) is 0 Å². The van der Waals surface area contributed by atoms with Gasteiger partial charge in [-0.1, -0.05) is 37.3 Å². The van der Waals surface area contributed by atoms with Crippen LogP contribution in [0.4, 0.5) is 0 Å². The first-order valence-corrected chi connectivity index (χ1v) is 10.9. The zero-order chi connectivity index (χ0) is 12.9. The largest absolute Gasteiger partial charge is 0.368 e. The van der Waals surface area contributed by atoms with Crippen molar-refractivity contribution in [2.45, 2.75) is 37.5 Å². The summed E-state index contributed by atoms with van der Waals surface area (Å²) in [4.78, 5) is 0.851. The van der Waals surface area contributed by atoms with E-state index < -0.39 is 18.9 Å². The fourth-order valence-corrected chi connectivity index (χ4v) is 2.87. The van der Waals surface area contributed by atoms with Gasteiger partial charge in [-0.05, 0) is 25.1 Å². The van der Waals surface area contributed by atoms with Gasteiger partial charge in [0.1, 0.15) is 5.94 Å². The summed E-state index contributed by atoms with van der Waals surface area (Å²) in [7, 11) is -2.07. The molecule has 0 spiro atoms. The fourth-order valence-electron chi connectivity index (χ4n) is 1.27. The molecule has 0 amide bonds. The van der Waals surface area contributed by atoms with Crippen LogP contribution in [-0.2, 0) is 15.5 Å². The SMILES string of the molecule is Cc1ccc(S(=O)COCC[Si](C)(C)C)cc1. The molecule has 96 valence electrons. The summed E-state index contributed by atoms with van der Waals surface area (Å²) >= 11 is 0. The summed E-state index contributed by atoms with van der Waals surface area (Å²) in [6.07, 6.45) is 0. The summed E-state index contributed by atoms with van der Waals surface area (Å²) in [6, 6.07) is 8.91. The van der Waals surface area contributed by atoms with Crippen molar-refractivity contribution >= 4 is 18.9 Å². The van der Waals surface area contributed by atoms with Crippen molar-refractivity contribution < 1.29 is 8.95 Å². The number of ether oxygens (including phenoxy) is 1. The second-order valence-electron chi connectivity index (χ2n) is 5.50. The second kappa shape index (κ2) is 6.47. The molecule has 0 aliphatic carbocycles. The maximum absolute atomic E-state index is 11.9. The minimum atomic E-state index is -1.04. The van der Waals surface area contributed by atoms with Gasteiger partial charge in [0.05, 0.1) is 10.8 Å². The Morgan fingerprint density at radius 1 is 1.18 bits per heavy atom. The van der Waals surface area contributed by atoms with E-state index in [-0.39, 0.29) is 0 Å². The highest BCUT2D eigenvalue weighted by molar-refractivity contribution is 7.84. The number of hydrogen-bond acceptors (Lipinski definition) is 2. The van der Waals surface area contributed by atoms with Crippen molar-refractivity contribution in [3.8, 4) is 0 Å². The summed E-state index contributed by atoms with van der Waals surface area (Å²) < 4.78 is 17.4. The highest BCUT2D eigenvalue weighted by atomic mass is 32.2.